The number of benzene rings is 2. The summed E-state index contributed by atoms with van der Waals surface area (Å²) in [6, 6.07) is 9.37. The third-order valence-corrected chi connectivity index (χ3v) is 5.15. The molecule has 0 radical (unpaired) electrons. The van der Waals surface area contributed by atoms with Gasteiger partial charge in [-0.05, 0) is 48.6 Å². The largest absolute Gasteiger partial charge is 0.480 e. The molecule has 0 saturated heterocycles. The van der Waals surface area contributed by atoms with Crippen molar-refractivity contribution in [2.45, 2.75) is 4.90 Å². The maximum Gasteiger partial charge on any atom is 0.318 e. The normalized spacial score (nSPS) is 11.6. The molecule has 9 heteroatoms. The van der Waals surface area contributed by atoms with E-state index >= 15 is 0 Å². The second kappa shape index (κ2) is 8.35. The highest BCUT2D eigenvalue weighted by atomic mass is 79.9. The van der Waals surface area contributed by atoms with Gasteiger partial charge in [-0.3, -0.25) is 9.59 Å². The van der Waals surface area contributed by atoms with Crippen LogP contribution >= 0.6 is 15.9 Å². The number of hydrogen-bond acceptors (Lipinski definition) is 4. The van der Waals surface area contributed by atoms with Crippen molar-refractivity contribution in [1.29, 1.82) is 0 Å². The van der Waals surface area contributed by atoms with Gasteiger partial charge in [0.1, 0.15) is 12.4 Å². The summed E-state index contributed by atoms with van der Waals surface area (Å²) in [4.78, 5) is 22.4. The number of carboxylic acids is 1. The minimum absolute atomic E-state index is 0.168. The number of rotatable bonds is 7. The lowest BCUT2D eigenvalue weighted by Gasteiger charge is -2.05. The molecule has 0 unspecified atom stereocenters. The molecule has 26 heavy (non-hydrogen) atoms. The van der Waals surface area contributed by atoms with Crippen LogP contribution in [-0.2, 0) is 14.8 Å². The van der Waals surface area contributed by atoms with Gasteiger partial charge in [-0.15, -0.1) is 0 Å². The highest BCUT2D eigenvalue weighted by Crippen LogP contribution is 2.17. The van der Waals surface area contributed by atoms with Crippen LogP contribution in [0.5, 0.6) is 0 Å². The predicted octanol–water partition coefficient (Wildman–Crippen LogP) is 2.85. The highest BCUT2D eigenvalue weighted by Gasteiger charge is 2.15. The zero-order valence-electron chi connectivity index (χ0n) is 13.1. The van der Waals surface area contributed by atoms with Crippen LogP contribution in [0.3, 0.4) is 0 Å². The Morgan fingerprint density at radius 3 is 2.38 bits per heavy atom. The number of allylic oxidation sites excluding steroid dienone is 1. The molecule has 0 aromatic heterocycles. The molecule has 2 aromatic rings. The van der Waals surface area contributed by atoms with E-state index < -0.39 is 34.1 Å². The van der Waals surface area contributed by atoms with E-state index in [-0.39, 0.29) is 16.0 Å². The van der Waals surface area contributed by atoms with Gasteiger partial charge in [0.15, 0.2) is 5.78 Å². The van der Waals surface area contributed by atoms with Crippen LogP contribution in [0.4, 0.5) is 4.39 Å². The van der Waals surface area contributed by atoms with Gasteiger partial charge < -0.3 is 5.11 Å². The number of carbonyl (C=O) groups excluding carboxylic acids is 1. The molecule has 6 nitrogen and oxygen atoms in total. The monoisotopic (exact) mass is 441 g/mol. The Labute approximate surface area is 157 Å². The van der Waals surface area contributed by atoms with Gasteiger partial charge in [-0.1, -0.05) is 22.0 Å². The van der Waals surface area contributed by atoms with Crippen LogP contribution < -0.4 is 4.72 Å². The summed E-state index contributed by atoms with van der Waals surface area (Å²) in [6.07, 6.45) is 2.50. The molecule has 0 amide bonds. The van der Waals surface area contributed by atoms with E-state index in [4.69, 9.17) is 5.11 Å². The van der Waals surface area contributed by atoms with E-state index in [9.17, 15) is 22.4 Å². The fourth-order valence-corrected chi connectivity index (χ4v) is 3.24. The van der Waals surface area contributed by atoms with Crippen LogP contribution in [0.15, 0.2) is 57.9 Å². The Morgan fingerprint density at radius 1 is 1.15 bits per heavy atom. The van der Waals surface area contributed by atoms with Crippen molar-refractivity contribution in [3.05, 3.63) is 70.0 Å². The lowest BCUT2D eigenvalue weighted by atomic mass is 10.1. The predicted molar refractivity (Wildman–Crippen MR) is 96.7 cm³/mol. The maximum atomic E-state index is 13.7. The third-order valence-electron chi connectivity index (χ3n) is 3.24. The number of hydrogen-bond donors (Lipinski definition) is 2. The second-order valence-electron chi connectivity index (χ2n) is 5.11. The number of sulfonamides is 1. The molecular weight excluding hydrogens is 429 g/mol. The molecule has 0 heterocycles. The first-order valence-corrected chi connectivity index (χ1v) is 9.45. The van der Waals surface area contributed by atoms with Crippen molar-refractivity contribution in [2.24, 2.45) is 0 Å². The molecule has 2 rings (SSSR count). The third kappa shape index (κ3) is 5.32. The van der Waals surface area contributed by atoms with Gasteiger partial charge in [0, 0.05) is 15.6 Å². The van der Waals surface area contributed by atoms with Crippen LogP contribution in [0.1, 0.15) is 15.9 Å². The number of ketones is 1. The number of carboxylic acid groups (broad SMARTS) is 1. The first kappa shape index (κ1) is 20.0. The highest BCUT2D eigenvalue weighted by molar-refractivity contribution is 9.10. The summed E-state index contributed by atoms with van der Waals surface area (Å²) in [5.74, 6) is -2.24. The molecule has 0 saturated carbocycles. The van der Waals surface area contributed by atoms with Gasteiger partial charge in [-0.25, -0.2) is 12.8 Å². The van der Waals surface area contributed by atoms with Crippen molar-refractivity contribution < 1.29 is 27.5 Å². The molecule has 2 aromatic carbocycles. The van der Waals surface area contributed by atoms with Gasteiger partial charge in [-0.2, -0.15) is 4.72 Å². The Bertz CT molecular complexity index is 971. The lowest BCUT2D eigenvalue weighted by molar-refractivity contribution is -0.135. The van der Waals surface area contributed by atoms with E-state index in [1.165, 1.54) is 48.6 Å². The average molecular weight is 442 g/mol. The molecule has 0 spiro atoms. The molecule has 0 aliphatic heterocycles. The van der Waals surface area contributed by atoms with E-state index in [0.29, 0.717) is 4.47 Å². The SMILES string of the molecule is O=C(O)CNS(=O)(=O)c1ccc(C(=O)/C=C/c2ccc(Br)cc2F)cc1. The van der Waals surface area contributed by atoms with Crippen molar-refractivity contribution in [2.75, 3.05) is 6.54 Å². The Hall–Kier alpha value is -2.36. The summed E-state index contributed by atoms with van der Waals surface area (Å²) in [5, 5.41) is 8.52. The lowest BCUT2D eigenvalue weighted by Crippen LogP contribution is -2.29. The summed E-state index contributed by atoms with van der Waals surface area (Å²) >= 11 is 3.14. The summed E-state index contributed by atoms with van der Waals surface area (Å²) in [7, 11) is -3.98. The van der Waals surface area contributed by atoms with Crippen molar-refractivity contribution in [3.8, 4) is 0 Å². The van der Waals surface area contributed by atoms with Crippen LogP contribution in [0.25, 0.3) is 6.08 Å². The topological polar surface area (TPSA) is 101 Å². The van der Waals surface area contributed by atoms with Crippen LogP contribution in [0.2, 0.25) is 0 Å². The van der Waals surface area contributed by atoms with Gasteiger partial charge in [0.25, 0.3) is 0 Å². The standard InChI is InChI=1S/C17H13BrFNO5S/c18-13-5-1-11(15(19)9-13)4-8-16(21)12-2-6-14(7-3-12)26(24,25)20-10-17(22)23/h1-9,20H,10H2,(H,22,23)/b8-4+. The smallest absolute Gasteiger partial charge is 0.318 e. The first-order chi connectivity index (χ1) is 12.2. The zero-order valence-corrected chi connectivity index (χ0v) is 15.6. The quantitative estimate of drug-likeness (QED) is 0.508. The molecule has 2 N–H and O–H groups in total. The molecule has 136 valence electrons. The van der Waals surface area contributed by atoms with E-state index in [1.807, 2.05) is 4.72 Å². The van der Waals surface area contributed by atoms with Crippen molar-refractivity contribution >= 4 is 43.8 Å². The van der Waals surface area contributed by atoms with Gasteiger partial charge in [0.2, 0.25) is 10.0 Å². The molecular formula is C17H13BrFNO5S. The Kier molecular flexibility index (Phi) is 6.41. The number of aliphatic carboxylic acids is 1. The fraction of sp³-hybridized carbons (Fsp3) is 0.0588. The molecule has 0 fully saturated rings. The van der Waals surface area contributed by atoms with Crippen LogP contribution in [0, 0.1) is 5.82 Å². The van der Waals surface area contributed by atoms with Crippen molar-refractivity contribution in [3.63, 3.8) is 0 Å². The average Bonchev–Trinajstić information content (AvgIpc) is 2.59. The van der Waals surface area contributed by atoms with Crippen LogP contribution in [-0.4, -0.2) is 31.8 Å². The minimum atomic E-state index is -3.98. The molecule has 0 aliphatic carbocycles. The number of halogens is 2. The zero-order chi connectivity index (χ0) is 19.3. The second-order valence-corrected chi connectivity index (χ2v) is 7.79. The van der Waals surface area contributed by atoms with E-state index in [2.05, 4.69) is 15.9 Å². The number of carbonyl (C=O) groups is 2. The first-order valence-electron chi connectivity index (χ1n) is 7.18. The summed E-state index contributed by atoms with van der Waals surface area (Å²) in [5.41, 5.74) is 0.439. The minimum Gasteiger partial charge on any atom is -0.480 e. The Balaban J connectivity index is 2.13. The summed E-state index contributed by atoms with van der Waals surface area (Å²) in [6.45, 7) is -0.746. The van der Waals surface area contributed by atoms with E-state index in [1.54, 1.807) is 6.07 Å². The molecule has 0 aliphatic rings. The summed E-state index contributed by atoms with van der Waals surface area (Å²) < 4.78 is 39.9. The van der Waals surface area contributed by atoms with Crippen molar-refractivity contribution in [1.82, 2.24) is 4.72 Å². The number of nitrogens with one attached hydrogen (secondary N) is 1. The fourth-order valence-electron chi connectivity index (χ4n) is 1.94. The van der Waals surface area contributed by atoms with Gasteiger partial charge in [0.05, 0.1) is 4.90 Å². The molecule has 0 atom stereocenters. The Morgan fingerprint density at radius 2 is 1.81 bits per heavy atom. The molecule has 0 bridgehead atoms. The van der Waals surface area contributed by atoms with Gasteiger partial charge >= 0.3 is 5.97 Å². The maximum absolute atomic E-state index is 13.7. The van der Waals surface area contributed by atoms with E-state index in [0.717, 1.165) is 0 Å².